The van der Waals surface area contributed by atoms with E-state index < -0.39 is 28.1 Å². The number of anilines is 1. The molecule has 1 fully saturated rings. The molecule has 2 atom stereocenters. The van der Waals surface area contributed by atoms with Crippen LogP contribution < -0.4 is 4.90 Å². The van der Waals surface area contributed by atoms with E-state index in [0.717, 1.165) is 15.4 Å². The third-order valence-corrected chi connectivity index (χ3v) is 6.38. The van der Waals surface area contributed by atoms with Gasteiger partial charge in [-0.15, -0.1) is 0 Å². The highest BCUT2D eigenvalue weighted by atomic mass is 32.2. The second-order valence-corrected chi connectivity index (χ2v) is 8.20. The molecule has 2 aromatic rings. The molecule has 134 valence electrons. The minimum atomic E-state index is -4.06. The molecule has 2 unspecified atom stereocenters. The minimum absolute atomic E-state index is 0.0500. The number of carboxylic acid groups (broad SMARTS) is 1. The highest BCUT2D eigenvalue weighted by Gasteiger charge is 2.44. The van der Waals surface area contributed by atoms with Crippen molar-refractivity contribution in [1.82, 2.24) is 4.31 Å². The zero-order chi connectivity index (χ0) is 18.4. The van der Waals surface area contributed by atoms with E-state index in [9.17, 15) is 23.4 Å². The van der Waals surface area contributed by atoms with Gasteiger partial charge in [-0.25, -0.2) is 8.42 Å². The highest BCUT2D eigenvalue weighted by molar-refractivity contribution is 7.89. The number of aliphatic hydroxyl groups is 1. The maximum absolute atomic E-state index is 13.1. The molecule has 8 heteroatoms. The first-order valence-electron chi connectivity index (χ1n) is 7.85. The molecule has 1 aliphatic rings. The lowest BCUT2D eigenvalue weighted by molar-refractivity contribution is -0.140. The molecule has 3 rings (SSSR count). The van der Waals surface area contributed by atoms with Crippen molar-refractivity contribution >= 4 is 32.5 Å². The minimum Gasteiger partial charge on any atom is -0.480 e. The van der Waals surface area contributed by atoms with Crippen LogP contribution in [0.3, 0.4) is 0 Å². The molecule has 2 N–H and O–H groups in total. The van der Waals surface area contributed by atoms with Gasteiger partial charge in [0.25, 0.3) is 0 Å². The summed E-state index contributed by atoms with van der Waals surface area (Å²) in [6.45, 7) is -0.219. The van der Waals surface area contributed by atoms with Crippen molar-refractivity contribution in [2.45, 2.75) is 23.5 Å². The Morgan fingerprint density at radius 1 is 1.16 bits per heavy atom. The molecule has 1 heterocycles. The third kappa shape index (κ3) is 2.97. The molecular weight excluding hydrogens is 344 g/mol. The van der Waals surface area contributed by atoms with Gasteiger partial charge in [-0.05, 0) is 12.1 Å². The van der Waals surface area contributed by atoms with Crippen LogP contribution in [0.1, 0.15) is 6.42 Å². The summed E-state index contributed by atoms with van der Waals surface area (Å²) < 4.78 is 27.1. The van der Waals surface area contributed by atoms with E-state index >= 15 is 0 Å². The van der Waals surface area contributed by atoms with Crippen molar-refractivity contribution in [2.24, 2.45) is 0 Å². The maximum atomic E-state index is 13.1. The van der Waals surface area contributed by atoms with Crippen LogP contribution in [0.2, 0.25) is 0 Å². The van der Waals surface area contributed by atoms with Crippen molar-refractivity contribution in [3.8, 4) is 0 Å². The van der Waals surface area contributed by atoms with E-state index in [1.807, 2.05) is 31.1 Å². The molecule has 0 bridgehead atoms. The van der Waals surface area contributed by atoms with Crippen LogP contribution in [0, 0.1) is 0 Å². The average Bonchev–Trinajstić information content (AvgIpc) is 2.96. The van der Waals surface area contributed by atoms with Crippen LogP contribution in [-0.2, 0) is 14.8 Å². The fourth-order valence-electron chi connectivity index (χ4n) is 3.28. The number of rotatable bonds is 4. The second-order valence-electron chi connectivity index (χ2n) is 6.34. The van der Waals surface area contributed by atoms with Gasteiger partial charge in [0, 0.05) is 43.5 Å². The standard InChI is InChI=1S/C17H20N2O5S/c1-18(2)14-7-3-6-13-12(14)5-4-8-16(13)25(23,24)19-10-11(20)9-15(19)17(21)22/h3-8,11,15,20H,9-10H2,1-2H3,(H,21,22). The summed E-state index contributed by atoms with van der Waals surface area (Å²) in [5.74, 6) is -1.26. The van der Waals surface area contributed by atoms with Crippen molar-refractivity contribution in [2.75, 3.05) is 25.5 Å². The van der Waals surface area contributed by atoms with E-state index in [2.05, 4.69) is 0 Å². The van der Waals surface area contributed by atoms with Crippen LogP contribution in [0.15, 0.2) is 41.3 Å². The maximum Gasteiger partial charge on any atom is 0.322 e. The molecule has 25 heavy (non-hydrogen) atoms. The molecule has 0 radical (unpaired) electrons. The number of sulfonamides is 1. The fourth-order valence-corrected chi connectivity index (χ4v) is 5.12. The van der Waals surface area contributed by atoms with Gasteiger partial charge >= 0.3 is 5.97 Å². The predicted molar refractivity (Wildman–Crippen MR) is 94.2 cm³/mol. The predicted octanol–water partition coefficient (Wildman–Crippen LogP) is 1.11. The molecular formula is C17H20N2O5S. The number of carbonyl (C=O) groups is 1. The molecule has 0 aromatic heterocycles. The summed E-state index contributed by atoms with van der Waals surface area (Å²) >= 11 is 0. The van der Waals surface area contributed by atoms with Crippen LogP contribution in [0.5, 0.6) is 0 Å². The monoisotopic (exact) mass is 364 g/mol. The van der Waals surface area contributed by atoms with Crippen molar-refractivity contribution in [3.63, 3.8) is 0 Å². The Hall–Kier alpha value is -2.16. The molecule has 0 spiro atoms. The number of β-amino-alcohol motifs (C(OH)–C–C–N with tert-alkyl or cyclic N) is 1. The normalized spacial score (nSPS) is 21.6. The Balaban J connectivity index is 2.18. The van der Waals surface area contributed by atoms with Crippen molar-refractivity contribution in [3.05, 3.63) is 36.4 Å². The summed E-state index contributed by atoms with van der Waals surface area (Å²) in [6.07, 6.45) is -1.09. The Morgan fingerprint density at radius 3 is 2.44 bits per heavy atom. The number of nitrogens with zero attached hydrogens (tertiary/aromatic N) is 2. The number of aliphatic hydroxyl groups excluding tert-OH is 1. The molecule has 7 nitrogen and oxygen atoms in total. The lowest BCUT2D eigenvalue weighted by Gasteiger charge is -2.22. The van der Waals surface area contributed by atoms with Gasteiger partial charge in [0.05, 0.1) is 11.0 Å². The zero-order valence-corrected chi connectivity index (χ0v) is 14.8. The second kappa shape index (κ2) is 6.29. The lowest BCUT2D eigenvalue weighted by atomic mass is 10.1. The van der Waals surface area contributed by atoms with E-state index in [1.54, 1.807) is 18.2 Å². The van der Waals surface area contributed by atoms with Gasteiger partial charge in [0.15, 0.2) is 0 Å². The van der Waals surface area contributed by atoms with Crippen LogP contribution >= 0.6 is 0 Å². The first-order valence-corrected chi connectivity index (χ1v) is 9.29. The van der Waals surface area contributed by atoms with Gasteiger partial charge in [-0.1, -0.05) is 24.3 Å². The smallest absolute Gasteiger partial charge is 0.322 e. The Kier molecular flexibility index (Phi) is 4.44. The molecule has 2 aromatic carbocycles. The lowest BCUT2D eigenvalue weighted by Crippen LogP contribution is -2.40. The van der Waals surface area contributed by atoms with Gasteiger partial charge in [0.1, 0.15) is 6.04 Å². The fraction of sp³-hybridized carbons (Fsp3) is 0.353. The number of hydrogen-bond donors (Lipinski definition) is 2. The quantitative estimate of drug-likeness (QED) is 0.843. The van der Waals surface area contributed by atoms with E-state index in [-0.39, 0.29) is 17.9 Å². The zero-order valence-electron chi connectivity index (χ0n) is 14.0. The van der Waals surface area contributed by atoms with Crippen LogP contribution in [-0.4, -0.2) is 61.7 Å². The van der Waals surface area contributed by atoms with E-state index in [0.29, 0.717) is 5.39 Å². The van der Waals surface area contributed by atoms with Crippen LogP contribution in [0.4, 0.5) is 5.69 Å². The summed E-state index contributed by atoms with van der Waals surface area (Å²) in [6, 6.07) is 9.05. The highest BCUT2D eigenvalue weighted by Crippen LogP contribution is 2.34. The molecule has 1 saturated heterocycles. The Labute approximate surface area is 146 Å². The summed E-state index contributed by atoms with van der Waals surface area (Å²) in [5.41, 5.74) is 0.866. The van der Waals surface area contributed by atoms with Gasteiger partial charge < -0.3 is 15.1 Å². The van der Waals surface area contributed by atoms with E-state index in [1.165, 1.54) is 6.07 Å². The first kappa shape index (κ1) is 17.7. The van der Waals surface area contributed by atoms with Crippen molar-refractivity contribution < 1.29 is 23.4 Å². The van der Waals surface area contributed by atoms with E-state index in [4.69, 9.17) is 0 Å². The Morgan fingerprint density at radius 2 is 1.80 bits per heavy atom. The number of carboxylic acids is 1. The van der Waals surface area contributed by atoms with Gasteiger partial charge in [-0.3, -0.25) is 4.79 Å². The number of fused-ring (bicyclic) bond motifs is 1. The largest absolute Gasteiger partial charge is 0.480 e. The topological polar surface area (TPSA) is 98.2 Å². The molecule has 1 aliphatic heterocycles. The molecule has 0 saturated carbocycles. The van der Waals surface area contributed by atoms with Crippen LogP contribution in [0.25, 0.3) is 10.8 Å². The van der Waals surface area contributed by atoms with Gasteiger partial charge in [0.2, 0.25) is 10.0 Å². The van der Waals surface area contributed by atoms with Gasteiger partial charge in [-0.2, -0.15) is 4.31 Å². The number of benzene rings is 2. The Bertz CT molecular complexity index is 926. The summed E-state index contributed by atoms with van der Waals surface area (Å²) in [4.78, 5) is 13.4. The SMILES string of the molecule is CN(C)c1cccc2c(S(=O)(=O)N3CC(O)CC3C(=O)O)cccc12. The molecule has 0 aliphatic carbocycles. The summed E-state index contributed by atoms with van der Waals surface area (Å²) in [5, 5.41) is 20.4. The molecule has 0 amide bonds. The first-order chi connectivity index (χ1) is 11.7. The number of aliphatic carboxylic acids is 1. The van der Waals surface area contributed by atoms with Crippen molar-refractivity contribution in [1.29, 1.82) is 0 Å². The third-order valence-electron chi connectivity index (χ3n) is 4.45. The summed E-state index contributed by atoms with van der Waals surface area (Å²) in [7, 11) is -0.324. The average molecular weight is 364 g/mol. The number of hydrogen-bond acceptors (Lipinski definition) is 5.